The zero-order valence-corrected chi connectivity index (χ0v) is 21.7. The minimum atomic E-state index is -0.642. The molecule has 0 aromatic carbocycles. The number of carbonyl (C=O) groups is 2. The molecule has 34 heavy (non-hydrogen) atoms. The topological polar surface area (TPSA) is 93.1 Å². The van der Waals surface area contributed by atoms with E-state index in [1.165, 1.54) is 0 Å². The molecule has 1 aliphatic carbocycles. The molecule has 0 heterocycles. The van der Waals surface area contributed by atoms with Gasteiger partial charge in [0, 0.05) is 25.2 Å². The predicted molar refractivity (Wildman–Crippen MR) is 135 cm³/mol. The maximum atomic E-state index is 12.1. The number of hydrogen-bond acceptors (Lipinski definition) is 6. The van der Waals surface area contributed by atoms with Gasteiger partial charge in [-0.05, 0) is 44.1 Å². The first kappa shape index (κ1) is 30.4. The van der Waals surface area contributed by atoms with Crippen LogP contribution in [-0.4, -0.2) is 41.0 Å². The molecule has 3 atom stereocenters. The van der Waals surface area contributed by atoms with E-state index in [0.29, 0.717) is 38.0 Å². The molecule has 0 fully saturated rings. The molecular weight excluding hydrogens is 432 g/mol. The molecule has 2 N–H and O–H groups in total. The summed E-state index contributed by atoms with van der Waals surface area (Å²) in [5.74, 6) is -0.0183. The van der Waals surface area contributed by atoms with Crippen LogP contribution in [-0.2, 0) is 19.1 Å². The van der Waals surface area contributed by atoms with E-state index in [0.717, 1.165) is 76.2 Å². The first-order chi connectivity index (χ1) is 16.4. The van der Waals surface area contributed by atoms with Crippen LogP contribution in [0.5, 0.6) is 0 Å². The summed E-state index contributed by atoms with van der Waals surface area (Å²) < 4.78 is 10.8. The molecule has 0 spiro atoms. The fourth-order valence-electron chi connectivity index (χ4n) is 4.20. The lowest BCUT2D eigenvalue weighted by Gasteiger charge is -2.16. The Morgan fingerprint density at radius 1 is 0.941 bits per heavy atom. The van der Waals surface area contributed by atoms with Gasteiger partial charge < -0.3 is 19.7 Å². The van der Waals surface area contributed by atoms with Gasteiger partial charge in [0.1, 0.15) is 5.76 Å². The standard InChI is InChI=1S/C28H48O6/c1-4-7-11-15-22(29)18-19-23-24(26(21-25(23)30)34-28(32)14-6-3)16-12-9-10-13-17-27(31)33-20-8-5-2/h18-19,22-23,25,29-30H,4-17,20-21H2,1-3H3/b19-18+/t22-,23-,25-/m1/s1. The van der Waals surface area contributed by atoms with Gasteiger partial charge in [0.25, 0.3) is 0 Å². The van der Waals surface area contributed by atoms with E-state index in [2.05, 4.69) is 13.8 Å². The molecule has 0 aromatic rings. The highest BCUT2D eigenvalue weighted by atomic mass is 16.5. The Bertz CT molecular complexity index is 639. The Morgan fingerprint density at radius 3 is 2.38 bits per heavy atom. The number of hydrogen-bond donors (Lipinski definition) is 2. The molecular formula is C28H48O6. The van der Waals surface area contributed by atoms with E-state index in [9.17, 15) is 19.8 Å². The maximum absolute atomic E-state index is 12.1. The lowest BCUT2D eigenvalue weighted by Crippen LogP contribution is -2.15. The van der Waals surface area contributed by atoms with Crippen LogP contribution in [0.25, 0.3) is 0 Å². The smallest absolute Gasteiger partial charge is 0.310 e. The van der Waals surface area contributed by atoms with Crippen molar-refractivity contribution in [3.05, 3.63) is 23.5 Å². The number of rotatable bonds is 19. The van der Waals surface area contributed by atoms with Crippen LogP contribution in [0.2, 0.25) is 0 Å². The second-order valence-electron chi connectivity index (χ2n) is 9.41. The van der Waals surface area contributed by atoms with Crippen LogP contribution in [0.4, 0.5) is 0 Å². The zero-order chi connectivity index (χ0) is 25.2. The third-order valence-corrected chi connectivity index (χ3v) is 6.24. The van der Waals surface area contributed by atoms with Crippen LogP contribution < -0.4 is 0 Å². The van der Waals surface area contributed by atoms with Gasteiger partial charge >= 0.3 is 11.9 Å². The summed E-state index contributed by atoms with van der Waals surface area (Å²) in [5, 5.41) is 20.9. The third kappa shape index (κ3) is 12.7. The molecule has 0 radical (unpaired) electrons. The quantitative estimate of drug-likeness (QED) is 0.131. The number of aliphatic hydroxyl groups excluding tert-OH is 2. The third-order valence-electron chi connectivity index (χ3n) is 6.24. The van der Waals surface area contributed by atoms with Crippen molar-refractivity contribution in [3.8, 4) is 0 Å². The molecule has 0 saturated heterocycles. The number of aliphatic hydroxyl groups is 2. The highest BCUT2D eigenvalue weighted by Crippen LogP contribution is 2.37. The molecule has 6 nitrogen and oxygen atoms in total. The molecule has 0 amide bonds. The molecule has 0 bridgehead atoms. The van der Waals surface area contributed by atoms with Crippen molar-refractivity contribution in [2.45, 2.75) is 129 Å². The Labute approximate surface area is 206 Å². The van der Waals surface area contributed by atoms with Crippen molar-refractivity contribution < 1.29 is 29.3 Å². The van der Waals surface area contributed by atoms with E-state index in [1.54, 1.807) is 6.08 Å². The van der Waals surface area contributed by atoms with Gasteiger partial charge in [-0.25, -0.2) is 0 Å². The van der Waals surface area contributed by atoms with E-state index in [-0.39, 0.29) is 17.9 Å². The van der Waals surface area contributed by atoms with E-state index in [1.807, 2.05) is 13.0 Å². The molecule has 0 aromatic heterocycles. The Kier molecular flexibility index (Phi) is 16.7. The Hall–Kier alpha value is -1.66. The Morgan fingerprint density at radius 2 is 1.68 bits per heavy atom. The minimum Gasteiger partial charge on any atom is -0.466 e. The normalized spacial score (nSPS) is 19.1. The van der Waals surface area contributed by atoms with Gasteiger partial charge in [-0.15, -0.1) is 0 Å². The number of unbranched alkanes of at least 4 members (excludes halogenated alkanes) is 6. The highest BCUT2D eigenvalue weighted by Gasteiger charge is 2.33. The number of carbonyl (C=O) groups excluding carboxylic acids is 2. The van der Waals surface area contributed by atoms with Gasteiger partial charge in [-0.1, -0.05) is 71.4 Å². The second kappa shape index (κ2) is 18.6. The zero-order valence-electron chi connectivity index (χ0n) is 21.7. The number of ether oxygens (including phenoxy) is 2. The van der Waals surface area contributed by atoms with Crippen molar-refractivity contribution in [1.29, 1.82) is 0 Å². The summed E-state index contributed by atoms with van der Waals surface area (Å²) in [7, 11) is 0. The molecule has 1 aliphatic rings. The molecule has 0 aliphatic heterocycles. The van der Waals surface area contributed by atoms with Crippen molar-refractivity contribution in [1.82, 2.24) is 0 Å². The van der Waals surface area contributed by atoms with Gasteiger partial charge in [-0.3, -0.25) is 9.59 Å². The van der Waals surface area contributed by atoms with Crippen LogP contribution in [0.3, 0.4) is 0 Å². The first-order valence-corrected chi connectivity index (χ1v) is 13.5. The molecule has 1 rings (SSSR count). The van der Waals surface area contributed by atoms with Crippen LogP contribution in [0.15, 0.2) is 23.5 Å². The van der Waals surface area contributed by atoms with Gasteiger partial charge in [0.15, 0.2) is 0 Å². The summed E-state index contributed by atoms with van der Waals surface area (Å²) >= 11 is 0. The average molecular weight is 481 g/mol. The fraction of sp³-hybridized carbons (Fsp3) is 0.786. The summed E-state index contributed by atoms with van der Waals surface area (Å²) in [6, 6.07) is 0. The van der Waals surface area contributed by atoms with Crippen LogP contribution in [0, 0.1) is 5.92 Å². The van der Waals surface area contributed by atoms with Gasteiger partial charge in [0.2, 0.25) is 0 Å². The summed E-state index contributed by atoms with van der Waals surface area (Å²) in [4.78, 5) is 23.8. The lowest BCUT2D eigenvalue weighted by atomic mass is 9.93. The predicted octanol–water partition coefficient (Wildman–Crippen LogP) is 6.15. The fourth-order valence-corrected chi connectivity index (χ4v) is 4.20. The largest absolute Gasteiger partial charge is 0.466 e. The molecule has 196 valence electrons. The molecule has 0 unspecified atom stereocenters. The monoisotopic (exact) mass is 480 g/mol. The second-order valence-corrected chi connectivity index (χ2v) is 9.41. The summed E-state index contributed by atoms with van der Waals surface area (Å²) in [6.07, 6.45) is 14.5. The van der Waals surface area contributed by atoms with Crippen molar-refractivity contribution in [3.63, 3.8) is 0 Å². The lowest BCUT2D eigenvalue weighted by molar-refractivity contribution is -0.144. The van der Waals surface area contributed by atoms with E-state index < -0.39 is 12.2 Å². The highest BCUT2D eigenvalue weighted by molar-refractivity contribution is 5.70. The average Bonchev–Trinajstić information content (AvgIpc) is 3.08. The van der Waals surface area contributed by atoms with Gasteiger partial charge in [0.05, 0.1) is 18.8 Å². The first-order valence-electron chi connectivity index (χ1n) is 13.5. The van der Waals surface area contributed by atoms with Gasteiger partial charge in [-0.2, -0.15) is 0 Å². The SMILES string of the molecule is CCCCC[C@@H](O)/C=C/[C@@H]1C(CCCCCCC(=O)OCCCC)=C(OC(=O)CCC)C[C@H]1O. The maximum Gasteiger partial charge on any atom is 0.310 e. The van der Waals surface area contributed by atoms with E-state index >= 15 is 0 Å². The van der Waals surface area contributed by atoms with Crippen molar-refractivity contribution in [2.75, 3.05) is 6.61 Å². The van der Waals surface area contributed by atoms with E-state index in [4.69, 9.17) is 9.47 Å². The molecule has 0 saturated carbocycles. The minimum absolute atomic E-state index is 0.122. The van der Waals surface area contributed by atoms with Crippen molar-refractivity contribution >= 4 is 11.9 Å². The van der Waals surface area contributed by atoms with Crippen LogP contribution >= 0.6 is 0 Å². The van der Waals surface area contributed by atoms with Crippen molar-refractivity contribution in [2.24, 2.45) is 5.92 Å². The molecule has 6 heteroatoms. The number of esters is 2. The summed E-state index contributed by atoms with van der Waals surface area (Å²) in [5.41, 5.74) is 0.966. The Balaban J connectivity index is 2.62. The summed E-state index contributed by atoms with van der Waals surface area (Å²) in [6.45, 7) is 6.65. The van der Waals surface area contributed by atoms with Crippen LogP contribution in [0.1, 0.15) is 117 Å².